The zero-order valence-electron chi connectivity index (χ0n) is 11.9. The molecule has 0 bridgehead atoms. The van der Waals surface area contributed by atoms with Gasteiger partial charge in [-0.15, -0.1) is 0 Å². The normalized spacial score (nSPS) is 16.2. The van der Waals surface area contributed by atoms with Gasteiger partial charge >= 0.3 is 0 Å². The van der Waals surface area contributed by atoms with Crippen molar-refractivity contribution in [1.29, 1.82) is 0 Å². The first-order chi connectivity index (χ1) is 9.40. The molecule has 1 fully saturated rings. The van der Waals surface area contributed by atoms with E-state index >= 15 is 0 Å². The van der Waals surface area contributed by atoms with E-state index in [1.807, 2.05) is 0 Å². The van der Waals surface area contributed by atoms with Gasteiger partial charge < -0.3 is 15.5 Å². The molecular weight excluding hydrogens is 238 g/mol. The lowest BCUT2D eigenvalue weighted by Crippen LogP contribution is -2.28. The molecule has 1 saturated heterocycles. The van der Waals surface area contributed by atoms with Crippen LogP contribution in [0.5, 0.6) is 0 Å². The minimum atomic E-state index is 0.943. The molecule has 0 atom stereocenters. The van der Waals surface area contributed by atoms with Gasteiger partial charge in [-0.25, -0.2) is 9.97 Å². The number of nitrogens with zero attached hydrogens (tertiary/aromatic N) is 3. The Balaban J connectivity index is 1.90. The molecule has 2 N–H and O–H groups in total. The highest BCUT2D eigenvalue weighted by atomic mass is 15.2. The number of aromatic nitrogens is 2. The van der Waals surface area contributed by atoms with Crippen molar-refractivity contribution in [1.82, 2.24) is 15.3 Å². The largest absolute Gasteiger partial charge is 0.370 e. The van der Waals surface area contributed by atoms with Gasteiger partial charge in [0.15, 0.2) is 0 Å². The number of hydrogen-bond donors (Lipinski definition) is 2. The van der Waals surface area contributed by atoms with Crippen LogP contribution < -0.4 is 15.5 Å². The third-order valence-corrected chi connectivity index (χ3v) is 3.40. The van der Waals surface area contributed by atoms with Gasteiger partial charge in [-0.2, -0.15) is 0 Å². The zero-order chi connectivity index (χ0) is 13.3. The van der Waals surface area contributed by atoms with E-state index in [2.05, 4.69) is 38.5 Å². The molecule has 1 aromatic heterocycles. The highest BCUT2D eigenvalue weighted by molar-refractivity contribution is 5.48. The van der Waals surface area contributed by atoms with Crippen molar-refractivity contribution in [3.05, 3.63) is 12.4 Å². The van der Waals surface area contributed by atoms with Gasteiger partial charge in [0, 0.05) is 32.2 Å². The minimum Gasteiger partial charge on any atom is -0.370 e. The topological polar surface area (TPSA) is 53.1 Å². The van der Waals surface area contributed by atoms with Gasteiger partial charge in [-0.3, -0.25) is 0 Å². The van der Waals surface area contributed by atoms with E-state index in [0.29, 0.717) is 0 Å². The van der Waals surface area contributed by atoms with Crippen LogP contribution in [0.3, 0.4) is 0 Å². The van der Waals surface area contributed by atoms with Gasteiger partial charge in [0.25, 0.3) is 0 Å². The van der Waals surface area contributed by atoms with Crippen LogP contribution in [0, 0.1) is 0 Å². The molecule has 0 radical (unpaired) electrons. The molecular formula is C14H25N5. The van der Waals surface area contributed by atoms with E-state index in [4.69, 9.17) is 0 Å². The molecule has 0 saturated carbocycles. The molecule has 1 aromatic rings. The Labute approximate surface area is 115 Å². The third kappa shape index (κ3) is 4.67. The van der Waals surface area contributed by atoms with E-state index in [1.165, 1.54) is 25.7 Å². The number of anilines is 2. The molecule has 5 heteroatoms. The Morgan fingerprint density at radius 2 is 2.21 bits per heavy atom. The molecule has 19 heavy (non-hydrogen) atoms. The summed E-state index contributed by atoms with van der Waals surface area (Å²) < 4.78 is 0. The lowest BCUT2D eigenvalue weighted by atomic mass is 10.2. The monoisotopic (exact) mass is 263 g/mol. The highest BCUT2D eigenvalue weighted by Gasteiger charge is 2.11. The van der Waals surface area contributed by atoms with Crippen LogP contribution in [0.4, 0.5) is 11.6 Å². The van der Waals surface area contributed by atoms with Crippen molar-refractivity contribution in [2.24, 2.45) is 0 Å². The second-order valence-electron chi connectivity index (χ2n) is 4.99. The van der Waals surface area contributed by atoms with Crippen molar-refractivity contribution >= 4 is 11.6 Å². The maximum Gasteiger partial charge on any atom is 0.134 e. The summed E-state index contributed by atoms with van der Waals surface area (Å²) in [4.78, 5) is 11.0. The minimum absolute atomic E-state index is 0.943. The van der Waals surface area contributed by atoms with E-state index < -0.39 is 0 Å². The summed E-state index contributed by atoms with van der Waals surface area (Å²) >= 11 is 0. The summed E-state index contributed by atoms with van der Waals surface area (Å²) in [5, 5.41) is 6.79. The molecule has 1 aliphatic rings. The standard InChI is InChI=1S/C14H25N5/c1-2-3-4-7-16-13-11-14(18-12-17-13)19-9-5-6-15-8-10-19/h11-12,15H,2-10H2,1H3,(H,16,17,18). The molecule has 1 aliphatic heterocycles. The van der Waals surface area contributed by atoms with Crippen LogP contribution in [0.2, 0.25) is 0 Å². The molecule has 2 rings (SSSR count). The van der Waals surface area contributed by atoms with Gasteiger partial charge in [-0.1, -0.05) is 19.8 Å². The van der Waals surface area contributed by atoms with Gasteiger partial charge in [0.2, 0.25) is 0 Å². The SMILES string of the molecule is CCCCCNc1cc(N2CCCNCC2)ncn1. The maximum atomic E-state index is 4.40. The second-order valence-corrected chi connectivity index (χ2v) is 4.99. The van der Waals surface area contributed by atoms with Crippen LogP contribution in [0.15, 0.2) is 12.4 Å². The molecule has 0 amide bonds. The van der Waals surface area contributed by atoms with Crippen molar-refractivity contribution in [2.45, 2.75) is 32.6 Å². The average Bonchev–Trinajstić information content (AvgIpc) is 2.73. The van der Waals surface area contributed by atoms with Crippen molar-refractivity contribution < 1.29 is 0 Å². The van der Waals surface area contributed by atoms with E-state index in [0.717, 1.165) is 44.4 Å². The van der Waals surface area contributed by atoms with Crippen molar-refractivity contribution in [3.8, 4) is 0 Å². The first-order valence-corrected chi connectivity index (χ1v) is 7.41. The predicted molar refractivity (Wildman–Crippen MR) is 79.7 cm³/mol. The van der Waals surface area contributed by atoms with Crippen LogP contribution >= 0.6 is 0 Å². The number of unbranched alkanes of at least 4 members (excludes halogenated alkanes) is 2. The van der Waals surface area contributed by atoms with E-state index in [1.54, 1.807) is 6.33 Å². The van der Waals surface area contributed by atoms with Gasteiger partial charge in [0.05, 0.1) is 0 Å². The fourth-order valence-electron chi connectivity index (χ4n) is 2.28. The number of rotatable bonds is 6. The fraction of sp³-hybridized carbons (Fsp3) is 0.714. The summed E-state index contributed by atoms with van der Waals surface area (Å²) in [6.45, 7) is 7.43. The summed E-state index contributed by atoms with van der Waals surface area (Å²) in [5.74, 6) is 1.98. The van der Waals surface area contributed by atoms with E-state index in [-0.39, 0.29) is 0 Å². The summed E-state index contributed by atoms with van der Waals surface area (Å²) in [5.41, 5.74) is 0. The Kier molecular flexibility index (Phi) is 5.88. The summed E-state index contributed by atoms with van der Waals surface area (Å²) in [6.07, 6.45) is 6.54. The van der Waals surface area contributed by atoms with Gasteiger partial charge in [0.1, 0.15) is 18.0 Å². The lowest BCUT2D eigenvalue weighted by molar-refractivity contribution is 0.724. The average molecular weight is 263 g/mol. The Hall–Kier alpha value is -1.36. The quantitative estimate of drug-likeness (QED) is 0.768. The maximum absolute atomic E-state index is 4.40. The zero-order valence-corrected chi connectivity index (χ0v) is 11.9. The smallest absolute Gasteiger partial charge is 0.134 e. The van der Waals surface area contributed by atoms with Crippen molar-refractivity contribution in [3.63, 3.8) is 0 Å². The number of nitrogens with one attached hydrogen (secondary N) is 2. The second kappa shape index (κ2) is 7.94. The summed E-state index contributed by atoms with van der Waals surface area (Å²) in [6, 6.07) is 2.07. The third-order valence-electron chi connectivity index (χ3n) is 3.40. The van der Waals surface area contributed by atoms with Crippen LogP contribution in [0.25, 0.3) is 0 Å². The molecule has 2 heterocycles. The number of hydrogen-bond acceptors (Lipinski definition) is 5. The Bertz CT molecular complexity index is 361. The van der Waals surface area contributed by atoms with E-state index in [9.17, 15) is 0 Å². The van der Waals surface area contributed by atoms with Crippen LogP contribution in [-0.4, -0.2) is 42.7 Å². The molecule has 0 spiro atoms. The lowest BCUT2D eigenvalue weighted by Gasteiger charge is -2.21. The Morgan fingerprint density at radius 3 is 3.11 bits per heavy atom. The van der Waals surface area contributed by atoms with Crippen LogP contribution in [-0.2, 0) is 0 Å². The van der Waals surface area contributed by atoms with Crippen molar-refractivity contribution in [2.75, 3.05) is 42.9 Å². The molecule has 106 valence electrons. The fourth-order valence-corrected chi connectivity index (χ4v) is 2.28. The first kappa shape index (κ1) is 14.1. The van der Waals surface area contributed by atoms with Gasteiger partial charge in [-0.05, 0) is 19.4 Å². The summed E-state index contributed by atoms with van der Waals surface area (Å²) in [7, 11) is 0. The Morgan fingerprint density at radius 1 is 1.26 bits per heavy atom. The highest BCUT2D eigenvalue weighted by Crippen LogP contribution is 2.15. The first-order valence-electron chi connectivity index (χ1n) is 7.41. The molecule has 0 unspecified atom stereocenters. The predicted octanol–water partition coefficient (Wildman–Crippen LogP) is 1.88. The molecule has 0 aromatic carbocycles. The van der Waals surface area contributed by atoms with Crippen LogP contribution in [0.1, 0.15) is 32.6 Å². The molecule has 0 aliphatic carbocycles. The molecule has 5 nitrogen and oxygen atoms in total.